The van der Waals surface area contributed by atoms with Gasteiger partial charge in [-0.15, -0.1) is 11.8 Å². The summed E-state index contributed by atoms with van der Waals surface area (Å²) in [6.45, 7) is 1.87. The highest BCUT2D eigenvalue weighted by Gasteiger charge is 2.14. The lowest BCUT2D eigenvalue weighted by Crippen LogP contribution is -2.24. The molecule has 0 bridgehead atoms. The highest BCUT2D eigenvalue weighted by atomic mass is 32.2. The SMILES string of the molecule is CNC(=O)Nc1ccc(NC(=O)[C@@H](C)Sc2ccccc2)cc1. The summed E-state index contributed by atoms with van der Waals surface area (Å²) in [6, 6.07) is 16.5. The van der Waals surface area contributed by atoms with E-state index in [1.165, 1.54) is 11.8 Å². The molecule has 0 aliphatic heterocycles. The van der Waals surface area contributed by atoms with E-state index in [4.69, 9.17) is 0 Å². The Bertz CT molecular complexity index is 659. The summed E-state index contributed by atoms with van der Waals surface area (Å²) < 4.78 is 0. The van der Waals surface area contributed by atoms with Gasteiger partial charge in [-0.25, -0.2) is 4.79 Å². The van der Waals surface area contributed by atoms with Crippen molar-refractivity contribution in [3.63, 3.8) is 0 Å². The number of anilines is 2. The molecular formula is C17H19N3O2S. The van der Waals surface area contributed by atoms with Crippen molar-refractivity contribution in [2.75, 3.05) is 17.7 Å². The van der Waals surface area contributed by atoms with Gasteiger partial charge in [-0.05, 0) is 43.3 Å². The Balaban J connectivity index is 1.90. The van der Waals surface area contributed by atoms with Crippen LogP contribution in [0.3, 0.4) is 0 Å². The van der Waals surface area contributed by atoms with Crippen LogP contribution < -0.4 is 16.0 Å². The van der Waals surface area contributed by atoms with Crippen LogP contribution in [0.1, 0.15) is 6.92 Å². The van der Waals surface area contributed by atoms with E-state index < -0.39 is 0 Å². The molecule has 0 aliphatic rings. The van der Waals surface area contributed by atoms with Crippen LogP contribution in [0.15, 0.2) is 59.5 Å². The largest absolute Gasteiger partial charge is 0.341 e. The predicted octanol–water partition coefficient (Wildman–Crippen LogP) is 3.56. The van der Waals surface area contributed by atoms with Crippen molar-refractivity contribution in [2.45, 2.75) is 17.1 Å². The first-order chi connectivity index (χ1) is 11.1. The van der Waals surface area contributed by atoms with E-state index >= 15 is 0 Å². The number of hydrogen-bond acceptors (Lipinski definition) is 3. The predicted molar refractivity (Wildman–Crippen MR) is 94.9 cm³/mol. The number of carbonyl (C=O) groups excluding carboxylic acids is 2. The molecule has 0 radical (unpaired) electrons. The van der Waals surface area contributed by atoms with Crippen LogP contribution in [0.25, 0.3) is 0 Å². The molecule has 23 heavy (non-hydrogen) atoms. The van der Waals surface area contributed by atoms with Crippen molar-refractivity contribution >= 4 is 35.1 Å². The monoisotopic (exact) mass is 329 g/mol. The third-order valence-corrected chi connectivity index (χ3v) is 4.17. The highest BCUT2D eigenvalue weighted by Crippen LogP contribution is 2.24. The molecule has 0 saturated heterocycles. The molecule has 2 aromatic carbocycles. The molecule has 1 atom stereocenters. The first kappa shape index (κ1) is 16.9. The number of benzene rings is 2. The number of hydrogen-bond donors (Lipinski definition) is 3. The van der Waals surface area contributed by atoms with Crippen molar-refractivity contribution in [3.05, 3.63) is 54.6 Å². The third kappa shape index (κ3) is 5.34. The second-order valence-corrected chi connectivity index (χ2v) is 6.26. The number of nitrogens with one attached hydrogen (secondary N) is 3. The van der Waals surface area contributed by atoms with E-state index in [0.29, 0.717) is 11.4 Å². The molecule has 0 spiro atoms. The van der Waals surface area contributed by atoms with Crippen molar-refractivity contribution in [2.24, 2.45) is 0 Å². The summed E-state index contributed by atoms with van der Waals surface area (Å²) in [4.78, 5) is 24.5. The Kier molecular flexibility index (Phi) is 6.05. The Hall–Kier alpha value is -2.47. The van der Waals surface area contributed by atoms with Crippen molar-refractivity contribution in [3.8, 4) is 0 Å². The lowest BCUT2D eigenvalue weighted by atomic mass is 10.2. The Labute approximate surface area is 139 Å². The van der Waals surface area contributed by atoms with Gasteiger partial charge in [-0.3, -0.25) is 4.79 Å². The van der Waals surface area contributed by atoms with Crippen LogP contribution in [-0.2, 0) is 4.79 Å². The second-order valence-electron chi connectivity index (χ2n) is 4.84. The maximum Gasteiger partial charge on any atom is 0.318 e. The first-order valence-electron chi connectivity index (χ1n) is 7.20. The summed E-state index contributed by atoms with van der Waals surface area (Å²) in [5, 5.41) is 7.80. The Morgan fingerprint density at radius 1 is 0.913 bits per heavy atom. The molecule has 0 saturated carbocycles. The minimum atomic E-state index is -0.283. The van der Waals surface area contributed by atoms with Crippen molar-refractivity contribution in [1.29, 1.82) is 0 Å². The van der Waals surface area contributed by atoms with Gasteiger partial charge in [-0.1, -0.05) is 18.2 Å². The molecule has 2 rings (SSSR count). The van der Waals surface area contributed by atoms with E-state index in [1.54, 1.807) is 31.3 Å². The molecule has 5 nitrogen and oxygen atoms in total. The highest BCUT2D eigenvalue weighted by molar-refractivity contribution is 8.00. The van der Waals surface area contributed by atoms with Crippen LogP contribution in [0.5, 0.6) is 0 Å². The van der Waals surface area contributed by atoms with E-state index in [9.17, 15) is 9.59 Å². The van der Waals surface area contributed by atoms with Gasteiger partial charge >= 0.3 is 6.03 Å². The lowest BCUT2D eigenvalue weighted by Gasteiger charge is -2.12. The molecule has 6 heteroatoms. The fourth-order valence-electron chi connectivity index (χ4n) is 1.83. The smallest absolute Gasteiger partial charge is 0.318 e. The van der Waals surface area contributed by atoms with Crippen LogP contribution in [0.4, 0.5) is 16.2 Å². The lowest BCUT2D eigenvalue weighted by molar-refractivity contribution is -0.115. The zero-order valence-corrected chi connectivity index (χ0v) is 13.8. The second kappa shape index (κ2) is 8.24. The van der Waals surface area contributed by atoms with Crippen LogP contribution >= 0.6 is 11.8 Å². The fourth-order valence-corrected chi connectivity index (χ4v) is 2.72. The van der Waals surface area contributed by atoms with Gasteiger partial charge in [0.2, 0.25) is 5.91 Å². The summed E-state index contributed by atoms with van der Waals surface area (Å²) >= 11 is 1.51. The average Bonchev–Trinajstić information content (AvgIpc) is 2.57. The molecule has 0 aromatic heterocycles. The Morgan fingerprint density at radius 2 is 1.48 bits per heavy atom. The van der Waals surface area contributed by atoms with E-state index in [1.807, 2.05) is 37.3 Å². The molecule has 0 fully saturated rings. The van der Waals surface area contributed by atoms with Gasteiger partial charge in [0.15, 0.2) is 0 Å². The van der Waals surface area contributed by atoms with Crippen LogP contribution in [0, 0.1) is 0 Å². The molecule has 2 aromatic rings. The number of rotatable bonds is 5. The molecule has 0 heterocycles. The number of urea groups is 1. The van der Waals surface area contributed by atoms with E-state index in [-0.39, 0.29) is 17.2 Å². The van der Waals surface area contributed by atoms with Gasteiger partial charge < -0.3 is 16.0 Å². The maximum absolute atomic E-state index is 12.2. The molecular weight excluding hydrogens is 310 g/mol. The van der Waals surface area contributed by atoms with E-state index in [0.717, 1.165) is 4.90 Å². The Morgan fingerprint density at radius 3 is 2.04 bits per heavy atom. The normalized spacial score (nSPS) is 11.4. The first-order valence-corrected chi connectivity index (χ1v) is 8.08. The molecule has 0 unspecified atom stereocenters. The minimum absolute atomic E-state index is 0.0640. The molecule has 120 valence electrons. The number of carbonyl (C=O) groups is 2. The number of thioether (sulfide) groups is 1. The van der Waals surface area contributed by atoms with Crippen LogP contribution in [-0.4, -0.2) is 24.2 Å². The van der Waals surface area contributed by atoms with Crippen LogP contribution in [0.2, 0.25) is 0 Å². The van der Waals surface area contributed by atoms with Crippen molar-refractivity contribution < 1.29 is 9.59 Å². The van der Waals surface area contributed by atoms with Gasteiger partial charge in [0.25, 0.3) is 0 Å². The van der Waals surface area contributed by atoms with E-state index in [2.05, 4.69) is 16.0 Å². The molecule has 3 N–H and O–H groups in total. The third-order valence-electron chi connectivity index (χ3n) is 3.06. The topological polar surface area (TPSA) is 70.2 Å². The van der Waals surface area contributed by atoms with Gasteiger partial charge in [0.1, 0.15) is 0 Å². The summed E-state index contributed by atoms with van der Waals surface area (Å²) in [5.74, 6) is -0.0640. The fraction of sp³-hybridized carbons (Fsp3) is 0.176. The van der Waals surface area contributed by atoms with Gasteiger partial charge in [0, 0.05) is 23.3 Å². The summed E-state index contributed by atoms with van der Waals surface area (Å²) in [7, 11) is 1.55. The molecule has 3 amide bonds. The summed E-state index contributed by atoms with van der Waals surface area (Å²) in [5.41, 5.74) is 1.35. The summed E-state index contributed by atoms with van der Waals surface area (Å²) in [6.07, 6.45) is 0. The quantitative estimate of drug-likeness (QED) is 0.735. The number of amides is 3. The van der Waals surface area contributed by atoms with Crippen molar-refractivity contribution in [1.82, 2.24) is 5.32 Å². The average molecular weight is 329 g/mol. The molecule has 0 aliphatic carbocycles. The minimum Gasteiger partial charge on any atom is -0.341 e. The standard InChI is InChI=1S/C17H19N3O2S/c1-12(23-15-6-4-3-5-7-15)16(21)19-13-8-10-14(11-9-13)20-17(22)18-2/h3-12H,1-2H3,(H,19,21)(H2,18,20,22)/t12-/m1/s1. The zero-order chi connectivity index (χ0) is 16.7. The van der Waals surface area contributed by atoms with Gasteiger partial charge in [-0.2, -0.15) is 0 Å². The van der Waals surface area contributed by atoms with Gasteiger partial charge in [0.05, 0.1) is 5.25 Å². The maximum atomic E-state index is 12.2. The zero-order valence-electron chi connectivity index (χ0n) is 13.0.